The first-order chi connectivity index (χ1) is 9.16. The number of carbonyl (C=O) groups excluding carboxylic acids is 1. The molecular formula is C10H14N6O3. The summed E-state index contributed by atoms with van der Waals surface area (Å²) in [5, 5.41) is 25.0. The van der Waals surface area contributed by atoms with Crippen molar-refractivity contribution in [2.75, 3.05) is 0 Å². The van der Waals surface area contributed by atoms with Crippen molar-refractivity contribution in [2.24, 2.45) is 5.92 Å². The zero-order chi connectivity index (χ0) is 13.4. The summed E-state index contributed by atoms with van der Waals surface area (Å²) in [5.74, 6) is -0.854. The molecule has 2 aliphatic rings. The van der Waals surface area contributed by atoms with E-state index in [1.165, 1.54) is 0 Å². The zero-order valence-corrected chi connectivity index (χ0v) is 10.1. The summed E-state index contributed by atoms with van der Waals surface area (Å²) in [6.45, 7) is 0.184. The topological polar surface area (TPSA) is 124 Å². The Morgan fingerprint density at radius 3 is 2.95 bits per heavy atom. The molecule has 1 aromatic heterocycles. The van der Waals surface area contributed by atoms with E-state index in [2.05, 4.69) is 25.9 Å². The van der Waals surface area contributed by atoms with Crippen LogP contribution in [0.3, 0.4) is 0 Å². The summed E-state index contributed by atoms with van der Waals surface area (Å²) in [6, 6.07) is -0.398. The molecule has 3 heterocycles. The number of carboxylic acid groups (broad SMARTS) is 1. The van der Waals surface area contributed by atoms with Gasteiger partial charge in [-0.15, -0.1) is 10.2 Å². The molecule has 3 rings (SSSR count). The maximum atomic E-state index is 12.1. The number of fused-ring (bicyclic) bond motifs is 2. The number of aliphatic carboxylic acids is 1. The minimum absolute atomic E-state index is 0.0383. The second kappa shape index (κ2) is 4.48. The molecule has 0 spiro atoms. The number of carboxylic acids is 1. The molecule has 2 fully saturated rings. The predicted molar refractivity (Wildman–Crippen MR) is 60.8 cm³/mol. The second-order valence-corrected chi connectivity index (χ2v) is 4.87. The Morgan fingerprint density at radius 2 is 2.32 bits per heavy atom. The van der Waals surface area contributed by atoms with Crippen molar-refractivity contribution in [3.63, 3.8) is 0 Å². The van der Waals surface area contributed by atoms with Gasteiger partial charge in [0.1, 0.15) is 0 Å². The monoisotopic (exact) mass is 266 g/mol. The van der Waals surface area contributed by atoms with E-state index in [-0.39, 0.29) is 24.7 Å². The average Bonchev–Trinajstić information content (AvgIpc) is 3.11. The number of carbonyl (C=O) groups is 2. The Labute approximate surface area is 108 Å². The third-order valence-electron chi connectivity index (χ3n) is 3.88. The molecule has 1 aromatic rings. The lowest BCUT2D eigenvalue weighted by Gasteiger charge is -2.23. The summed E-state index contributed by atoms with van der Waals surface area (Å²) in [7, 11) is 0. The Balaban J connectivity index is 1.63. The first kappa shape index (κ1) is 11.9. The van der Waals surface area contributed by atoms with E-state index in [0.29, 0.717) is 12.2 Å². The van der Waals surface area contributed by atoms with Crippen LogP contribution in [0, 0.1) is 5.92 Å². The van der Waals surface area contributed by atoms with Gasteiger partial charge in [0, 0.05) is 12.1 Å². The van der Waals surface area contributed by atoms with E-state index < -0.39 is 11.9 Å². The van der Waals surface area contributed by atoms with Gasteiger partial charge in [0.2, 0.25) is 0 Å². The minimum Gasteiger partial charge on any atom is -0.481 e. The van der Waals surface area contributed by atoms with Gasteiger partial charge >= 0.3 is 12.0 Å². The molecule has 2 aliphatic heterocycles. The number of nitrogens with one attached hydrogen (secondary N) is 2. The van der Waals surface area contributed by atoms with E-state index in [0.717, 1.165) is 12.8 Å². The largest absolute Gasteiger partial charge is 0.481 e. The molecular weight excluding hydrogens is 252 g/mol. The highest BCUT2D eigenvalue weighted by molar-refractivity contribution is 5.79. The van der Waals surface area contributed by atoms with Gasteiger partial charge in [-0.25, -0.2) is 4.79 Å². The van der Waals surface area contributed by atoms with Gasteiger partial charge < -0.3 is 15.3 Å². The number of urea groups is 1. The van der Waals surface area contributed by atoms with Crippen LogP contribution in [0.4, 0.5) is 4.79 Å². The van der Waals surface area contributed by atoms with Crippen LogP contribution in [0.2, 0.25) is 0 Å². The van der Waals surface area contributed by atoms with Crippen LogP contribution in [-0.4, -0.2) is 54.7 Å². The third-order valence-corrected chi connectivity index (χ3v) is 3.88. The number of hydrogen-bond acceptors (Lipinski definition) is 5. The van der Waals surface area contributed by atoms with Gasteiger partial charge in [-0.1, -0.05) is 5.21 Å². The molecule has 2 saturated heterocycles. The molecule has 102 valence electrons. The summed E-state index contributed by atoms with van der Waals surface area (Å²) >= 11 is 0. The molecule has 0 aromatic carbocycles. The zero-order valence-electron chi connectivity index (χ0n) is 10.1. The number of nitrogens with zero attached hydrogens (tertiary/aromatic N) is 4. The third kappa shape index (κ3) is 2.00. The van der Waals surface area contributed by atoms with Gasteiger partial charge in [-0.2, -0.15) is 5.21 Å². The van der Waals surface area contributed by atoms with E-state index in [1.54, 1.807) is 4.90 Å². The second-order valence-electron chi connectivity index (χ2n) is 4.87. The van der Waals surface area contributed by atoms with Crippen molar-refractivity contribution in [2.45, 2.75) is 37.9 Å². The fraction of sp³-hybridized carbons (Fsp3) is 0.700. The van der Waals surface area contributed by atoms with Crippen LogP contribution in [0.15, 0.2) is 0 Å². The van der Waals surface area contributed by atoms with Crippen LogP contribution in [0.25, 0.3) is 0 Å². The highest BCUT2D eigenvalue weighted by Gasteiger charge is 2.51. The van der Waals surface area contributed by atoms with Crippen molar-refractivity contribution in [1.29, 1.82) is 0 Å². The predicted octanol–water partition coefficient (Wildman–Crippen LogP) is -0.653. The SMILES string of the molecule is O=C(O)C1CC2CCC1N2C(=O)NCc1nn[nH]n1. The van der Waals surface area contributed by atoms with Gasteiger partial charge in [0.15, 0.2) is 5.82 Å². The molecule has 0 saturated carbocycles. The van der Waals surface area contributed by atoms with Crippen molar-refractivity contribution >= 4 is 12.0 Å². The summed E-state index contributed by atoms with van der Waals surface area (Å²) in [5.41, 5.74) is 0. The van der Waals surface area contributed by atoms with Crippen molar-refractivity contribution < 1.29 is 14.7 Å². The quantitative estimate of drug-likeness (QED) is 0.667. The van der Waals surface area contributed by atoms with Gasteiger partial charge in [-0.05, 0) is 19.3 Å². The lowest BCUT2D eigenvalue weighted by molar-refractivity contribution is -0.142. The number of amides is 2. The Bertz CT molecular complexity index is 489. The Kier molecular flexibility index (Phi) is 2.80. The van der Waals surface area contributed by atoms with Crippen LogP contribution >= 0.6 is 0 Å². The summed E-state index contributed by atoms with van der Waals surface area (Å²) < 4.78 is 0. The number of aromatic nitrogens is 4. The lowest BCUT2D eigenvalue weighted by Crippen LogP contribution is -2.44. The Morgan fingerprint density at radius 1 is 1.47 bits per heavy atom. The molecule has 0 aliphatic carbocycles. The number of H-pyrrole nitrogens is 1. The van der Waals surface area contributed by atoms with E-state index >= 15 is 0 Å². The van der Waals surface area contributed by atoms with E-state index in [4.69, 9.17) is 5.11 Å². The molecule has 2 bridgehead atoms. The maximum Gasteiger partial charge on any atom is 0.318 e. The molecule has 3 unspecified atom stereocenters. The average molecular weight is 266 g/mol. The summed E-state index contributed by atoms with van der Waals surface area (Å²) in [4.78, 5) is 24.9. The maximum absolute atomic E-state index is 12.1. The van der Waals surface area contributed by atoms with Crippen LogP contribution in [0.1, 0.15) is 25.1 Å². The lowest BCUT2D eigenvalue weighted by atomic mass is 9.89. The van der Waals surface area contributed by atoms with E-state index in [9.17, 15) is 9.59 Å². The fourth-order valence-electron chi connectivity index (χ4n) is 3.07. The number of tetrazole rings is 1. The van der Waals surface area contributed by atoms with Crippen LogP contribution in [-0.2, 0) is 11.3 Å². The molecule has 2 amide bonds. The van der Waals surface area contributed by atoms with Gasteiger partial charge in [0.05, 0.1) is 12.5 Å². The molecule has 0 radical (unpaired) electrons. The van der Waals surface area contributed by atoms with Crippen molar-refractivity contribution in [1.82, 2.24) is 30.8 Å². The van der Waals surface area contributed by atoms with E-state index in [1.807, 2.05) is 0 Å². The highest BCUT2D eigenvalue weighted by atomic mass is 16.4. The highest BCUT2D eigenvalue weighted by Crippen LogP contribution is 2.41. The minimum atomic E-state index is -0.817. The Hall–Kier alpha value is -2.19. The molecule has 19 heavy (non-hydrogen) atoms. The number of hydrogen-bond donors (Lipinski definition) is 3. The normalized spacial score (nSPS) is 28.6. The van der Waals surface area contributed by atoms with Crippen LogP contribution < -0.4 is 5.32 Å². The van der Waals surface area contributed by atoms with Gasteiger partial charge in [0.25, 0.3) is 0 Å². The molecule has 9 nitrogen and oxygen atoms in total. The summed E-state index contributed by atoms with van der Waals surface area (Å²) in [6.07, 6.45) is 2.19. The molecule has 3 atom stereocenters. The van der Waals surface area contributed by atoms with Gasteiger partial charge in [-0.3, -0.25) is 4.79 Å². The first-order valence-electron chi connectivity index (χ1n) is 6.18. The number of rotatable bonds is 3. The molecule has 9 heteroatoms. The van der Waals surface area contributed by atoms with Crippen molar-refractivity contribution in [3.8, 4) is 0 Å². The first-order valence-corrected chi connectivity index (χ1v) is 6.18. The smallest absolute Gasteiger partial charge is 0.318 e. The molecule has 3 N–H and O–H groups in total. The fourth-order valence-corrected chi connectivity index (χ4v) is 3.07. The van der Waals surface area contributed by atoms with Crippen LogP contribution in [0.5, 0.6) is 0 Å². The standard InChI is InChI=1S/C10H14N6O3/c17-9(18)6-3-5-1-2-7(6)16(5)10(19)11-4-8-12-14-15-13-8/h5-7H,1-4H2,(H,11,19)(H,17,18)(H,12,13,14,15). The number of aromatic amines is 1. The van der Waals surface area contributed by atoms with Crippen molar-refractivity contribution in [3.05, 3.63) is 5.82 Å².